The van der Waals surface area contributed by atoms with Crippen LogP contribution in [-0.2, 0) is 28.6 Å². The Morgan fingerprint density at radius 2 is 1.60 bits per heavy atom. The van der Waals surface area contributed by atoms with E-state index in [1.165, 1.54) is 0 Å². The Hall–Kier alpha value is -1.85. The molecule has 0 saturated carbocycles. The number of hydrogen-bond acceptors (Lipinski definition) is 6. The molecule has 0 aromatic heterocycles. The summed E-state index contributed by atoms with van der Waals surface area (Å²) < 4.78 is 13.3. The number of hydrogen-bond donors (Lipinski definition) is 0. The van der Waals surface area contributed by atoms with E-state index >= 15 is 0 Å². The van der Waals surface area contributed by atoms with Crippen molar-refractivity contribution in [3.05, 3.63) is 12.7 Å². The molecule has 6 heteroatoms. The fourth-order valence-electron chi connectivity index (χ4n) is 0.584. The zero-order chi connectivity index (χ0) is 11.7. The average Bonchev–Trinajstić information content (AvgIpc) is 2.23. The molecule has 0 unspecified atom stereocenters. The van der Waals surface area contributed by atoms with Gasteiger partial charge >= 0.3 is 17.9 Å². The van der Waals surface area contributed by atoms with Crippen LogP contribution in [0.1, 0.15) is 6.92 Å². The van der Waals surface area contributed by atoms with Gasteiger partial charge in [0.15, 0.2) is 0 Å². The van der Waals surface area contributed by atoms with Crippen LogP contribution >= 0.6 is 0 Å². The van der Waals surface area contributed by atoms with E-state index in [4.69, 9.17) is 0 Å². The summed E-state index contributed by atoms with van der Waals surface area (Å²) in [5, 5.41) is 0. The average molecular weight is 216 g/mol. The fourth-order valence-corrected chi connectivity index (χ4v) is 0.584. The highest BCUT2D eigenvalue weighted by molar-refractivity contribution is 6.29. The number of rotatable bonds is 5. The van der Waals surface area contributed by atoms with Crippen molar-refractivity contribution in [2.24, 2.45) is 0 Å². The first-order valence-corrected chi connectivity index (χ1v) is 4.24. The molecule has 15 heavy (non-hydrogen) atoms. The highest BCUT2D eigenvalue weighted by Gasteiger charge is 2.16. The minimum absolute atomic E-state index is 0.0966. The van der Waals surface area contributed by atoms with Crippen molar-refractivity contribution >= 4 is 17.9 Å². The van der Waals surface area contributed by atoms with Crippen molar-refractivity contribution in [2.75, 3.05) is 19.8 Å². The highest BCUT2D eigenvalue weighted by Crippen LogP contribution is 1.86. The summed E-state index contributed by atoms with van der Waals surface area (Å²) in [6, 6.07) is 0. The summed E-state index contributed by atoms with van der Waals surface area (Å²) in [6.45, 7) is 4.51. The van der Waals surface area contributed by atoms with Crippen molar-refractivity contribution < 1.29 is 28.6 Å². The third kappa shape index (κ3) is 6.25. The first-order chi connectivity index (χ1) is 7.11. The Morgan fingerprint density at radius 1 is 1.07 bits per heavy atom. The molecule has 0 N–H and O–H groups in total. The lowest BCUT2D eigenvalue weighted by molar-refractivity contribution is -0.168. The predicted molar refractivity (Wildman–Crippen MR) is 48.7 cm³/mol. The van der Waals surface area contributed by atoms with Crippen LogP contribution < -0.4 is 0 Å². The third-order valence-corrected chi connectivity index (χ3v) is 1.17. The van der Waals surface area contributed by atoms with E-state index in [1.54, 1.807) is 6.92 Å². The largest absolute Gasteiger partial charge is 0.459 e. The van der Waals surface area contributed by atoms with Crippen LogP contribution in [-0.4, -0.2) is 37.7 Å². The summed E-state index contributed by atoms with van der Waals surface area (Å²) in [7, 11) is 0. The normalized spacial score (nSPS) is 8.87. The monoisotopic (exact) mass is 216 g/mol. The molecule has 0 rings (SSSR count). The van der Waals surface area contributed by atoms with Gasteiger partial charge in [-0.05, 0) is 6.92 Å². The lowest BCUT2D eigenvalue weighted by Gasteiger charge is -2.03. The molecule has 84 valence electrons. The van der Waals surface area contributed by atoms with Crippen LogP contribution in [0.25, 0.3) is 0 Å². The molecule has 0 radical (unpaired) electrons. The summed E-state index contributed by atoms with van der Waals surface area (Å²) in [5.41, 5.74) is 0. The molecule has 6 nitrogen and oxygen atoms in total. The van der Waals surface area contributed by atoms with Gasteiger partial charge < -0.3 is 14.2 Å². The Kier molecular flexibility index (Phi) is 6.61. The molecular weight excluding hydrogens is 204 g/mol. The number of esters is 3. The zero-order valence-electron chi connectivity index (χ0n) is 8.36. The molecule has 0 aromatic carbocycles. The van der Waals surface area contributed by atoms with Gasteiger partial charge in [0.05, 0.1) is 6.61 Å². The Balaban J connectivity index is 3.59. The maximum atomic E-state index is 10.8. The van der Waals surface area contributed by atoms with Crippen molar-refractivity contribution in [3.8, 4) is 0 Å². The first kappa shape index (κ1) is 13.2. The molecule has 0 saturated heterocycles. The van der Waals surface area contributed by atoms with Crippen LogP contribution in [0.5, 0.6) is 0 Å². The smallest absolute Gasteiger partial charge is 0.417 e. The Bertz CT molecular complexity index is 257. The standard InChI is InChI=1S/C9H12O6/c1-3-7(10)14-5-6-15-9(12)8(11)13-4-2/h3H,1,4-6H2,2H3. The minimum atomic E-state index is -1.11. The molecule has 0 aromatic rings. The van der Waals surface area contributed by atoms with Gasteiger partial charge in [-0.1, -0.05) is 6.58 Å². The van der Waals surface area contributed by atoms with Crippen LogP contribution in [0, 0.1) is 0 Å². The van der Waals surface area contributed by atoms with Gasteiger partial charge in [0.2, 0.25) is 0 Å². The van der Waals surface area contributed by atoms with E-state index in [0.29, 0.717) is 0 Å². The second-order valence-electron chi connectivity index (χ2n) is 2.23. The quantitative estimate of drug-likeness (QED) is 0.208. The van der Waals surface area contributed by atoms with Crippen LogP contribution in [0.2, 0.25) is 0 Å². The van der Waals surface area contributed by atoms with Gasteiger partial charge in [-0.15, -0.1) is 0 Å². The molecule has 0 amide bonds. The number of ether oxygens (including phenoxy) is 3. The zero-order valence-corrected chi connectivity index (χ0v) is 8.36. The summed E-state index contributed by atoms with van der Waals surface area (Å²) >= 11 is 0. The lowest BCUT2D eigenvalue weighted by Crippen LogP contribution is -2.22. The van der Waals surface area contributed by atoms with Gasteiger partial charge in [0.25, 0.3) is 0 Å². The Labute approximate surface area is 86.8 Å². The number of carbonyl (C=O) groups excluding carboxylic acids is 3. The van der Waals surface area contributed by atoms with Crippen molar-refractivity contribution in [1.29, 1.82) is 0 Å². The third-order valence-electron chi connectivity index (χ3n) is 1.17. The van der Waals surface area contributed by atoms with E-state index in [2.05, 4.69) is 20.8 Å². The molecule has 0 heterocycles. The molecule has 0 bridgehead atoms. The second kappa shape index (κ2) is 7.54. The lowest BCUT2D eigenvalue weighted by atomic mass is 10.6. The highest BCUT2D eigenvalue weighted by atomic mass is 16.6. The van der Waals surface area contributed by atoms with E-state index in [1.807, 2.05) is 0 Å². The van der Waals surface area contributed by atoms with Crippen LogP contribution in [0.15, 0.2) is 12.7 Å². The van der Waals surface area contributed by atoms with Gasteiger partial charge in [0, 0.05) is 6.08 Å². The first-order valence-electron chi connectivity index (χ1n) is 4.24. The van der Waals surface area contributed by atoms with Crippen molar-refractivity contribution in [1.82, 2.24) is 0 Å². The Morgan fingerprint density at radius 3 is 2.13 bits per heavy atom. The number of carbonyl (C=O) groups is 3. The molecule has 0 spiro atoms. The van der Waals surface area contributed by atoms with E-state index in [0.717, 1.165) is 6.08 Å². The summed E-state index contributed by atoms with van der Waals surface area (Å²) in [6.07, 6.45) is 0.979. The molecule has 0 fully saturated rings. The van der Waals surface area contributed by atoms with Gasteiger partial charge in [-0.25, -0.2) is 14.4 Å². The van der Waals surface area contributed by atoms with E-state index in [9.17, 15) is 14.4 Å². The minimum Gasteiger partial charge on any atom is -0.459 e. The fraction of sp³-hybridized carbons (Fsp3) is 0.444. The maximum Gasteiger partial charge on any atom is 0.417 e. The molecule has 0 atom stereocenters. The van der Waals surface area contributed by atoms with Gasteiger partial charge in [-0.2, -0.15) is 0 Å². The SMILES string of the molecule is C=CC(=O)OCCOC(=O)C(=O)OCC. The summed E-state index contributed by atoms with van der Waals surface area (Å²) in [5.74, 6) is -2.79. The van der Waals surface area contributed by atoms with Gasteiger partial charge in [0.1, 0.15) is 13.2 Å². The topological polar surface area (TPSA) is 78.9 Å². The van der Waals surface area contributed by atoms with Crippen molar-refractivity contribution in [2.45, 2.75) is 6.92 Å². The maximum absolute atomic E-state index is 10.8. The van der Waals surface area contributed by atoms with Crippen molar-refractivity contribution in [3.63, 3.8) is 0 Å². The second-order valence-corrected chi connectivity index (χ2v) is 2.23. The molecular formula is C9H12O6. The summed E-state index contributed by atoms with van der Waals surface area (Å²) in [4.78, 5) is 32.0. The predicted octanol–water partition coefficient (Wildman–Crippen LogP) is -0.178. The molecule has 0 aliphatic carbocycles. The van der Waals surface area contributed by atoms with Crippen LogP contribution in [0.3, 0.4) is 0 Å². The van der Waals surface area contributed by atoms with Crippen LogP contribution in [0.4, 0.5) is 0 Å². The van der Waals surface area contributed by atoms with Gasteiger partial charge in [-0.3, -0.25) is 0 Å². The molecule has 0 aliphatic rings. The molecule has 0 aliphatic heterocycles. The van der Waals surface area contributed by atoms with E-state index < -0.39 is 17.9 Å². The van der Waals surface area contributed by atoms with E-state index in [-0.39, 0.29) is 19.8 Å².